The number of alkyl halides is 2. The Balaban J connectivity index is 2.65. The molecule has 88 valence electrons. The molecule has 0 aromatic carbocycles. The summed E-state index contributed by atoms with van der Waals surface area (Å²) in [5.74, 6) is -1.12. The zero-order valence-corrected chi connectivity index (χ0v) is 10.5. The molecule has 1 amide bonds. The Morgan fingerprint density at radius 3 is 2.88 bits per heavy atom. The van der Waals surface area contributed by atoms with E-state index < -0.39 is 16.7 Å². The van der Waals surface area contributed by atoms with E-state index in [1.54, 1.807) is 6.92 Å². The summed E-state index contributed by atoms with van der Waals surface area (Å²) < 4.78 is 4.73. The van der Waals surface area contributed by atoms with Crippen LogP contribution in [0.1, 0.15) is 17.4 Å². The molecular weight excluding hydrogens is 275 g/mol. The second-order valence-corrected chi connectivity index (χ2v) is 4.50. The Morgan fingerprint density at radius 2 is 2.31 bits per heavy atom. The maximum Gasteiger partial charge on any atom is 0.357 e. The lowest BCUT2D eigenvalue weighted by Gasteiger charge is -2.00. The van der Waals surface area contributed by atoms with Gasteiger partial charge in [-0.1, -0.05) is 23.2 Å². The number of halogens is 2. The first-order chi connectivity index (χ1) is 7.54. The number of esters is 1. The van der Waals surface area contributed by atoms with Crippen molar-refractivity contribution in [3.63, 3.8) is 0 Å². The number of aromatic nitrogens is 1. The van der Waals surface area contributed by atoms with E-state index in [1.807, 2.05) is 0 Å². The van der Waals surface area contributed by atoms with Gasteiger partial charge in [-0.3, -0.25) is 10.1 Å². The van der Waals surface area contributed by atoms with Crippen LogP contribution in [0, 0.1) is 0 Å². The molecule has 0 unspecified atom stereocenters. The van der Waals surface area contributed by atoms with Crippen LogP contribution in [0.5, 0.6) is 0 Å². The molecule has 0 radical (unpaired) electrons. The van der Waals surface area contributed by atoms with Crippen molar-refractivity contribution in [3.05, 3.63) is 11.1 Å². The van der Waals surface area contributed by atoms with Crippen LogP contribution >= 0.6 is 34.5 Å². The predicted molar refractivity (Wildman–Crippen MR) is 62.2 cm³/mol. The second kappa shape index (κ2) is 6.03. The summed E-state index contributed by atoms with van der Waals surface area (Å²) in [5.41, 5.74) is 0.142. The molecule has 1 heterocycles. The number of carbonyl (C=O) groups is 2. The van der Waals surface area contributed by atoms with Crippen LogP contribution in [0.4, 0.5) is 5.13 Å². The molecule has 1 rings (SSSR count). The lowest BCUT2D eigenvalue weighted by molar-refractivity contribution is -0.114. The average Bonchev–Trinajstić information content (AvgIpc) is 2.66. The van der Waals surface area contributed by atoms with Crippen molar-refractivity contribution in [2.75, 3.05) is 11.9 Å². The number of ether oxygens (including phenoxy) is 1. The number of carbonyl (C=O) groups excluding carboxylic acids is 2. The zero-order chi connectivity index (χ0) is 12.1. The summed E-state index contributed by atoms with van der Waals surface area (Å²) in [6, 6.07) is 0. The first kappa shape index (κ1) is 13.2. The van der Waals surface area contributed by atoms with Gasteiger partial charge < -0.3 is 4.74 Å². The Labute approximate surface area is 106 Å². The van der Waals surface area contributed by atoms with Crippen LogP contribution in [0.3, 0.4) is 0 Å². The molecule has 0 aliphatic rings. The lowest BCUT2D eigenvalue weighted by atomic mass is 10.5. The number of anilines is 1. The maximum absolute atomic E-state index is 11.2. The minimum Gasteiger partial charge on any atom is -0.461 e. The number of rotatable bonds is 4. The fourth-order valence-corrected chi connectivity index (χ4v) is 1.58. The molecule has 0 saturated carbocycles. The third-order valence-electron chi connectivity index (χ3n) is 1.42. The largest absolute Gasteiger partial charge is 0.461 e. The topological polar surface area (TPSA) is 68.3 Å². The fourth-order valence-electron chi connectivity index (χ4n) is 0.790. The number of nitrogens with one attached hydrogen (secondary N) is 1. The number of nitrogens with zero attached hydrogens (tertiary/aromatic N) is 1. The fraction of sp³-hybridized carbons (Fsp3) is 0.375. The predicted octanol–water partition coefficient (Wildman–Crippen LogP) is 2.06. The van der Waals surface area contributed by atoms with Crippen molar-refractivity contribution < 1.29 is 14.3 Å². The Bertz CT molecular complexity index is 394. The number of amides is 1. The molecule has 0 bridgehead atoms. The Kier molecular flexibility index (Phi) is 4.98. The normalized spacial score (nSPS) is 10.2. The van der Waals surface area contributed by atoms with E-state index in [1.165, 1.54) is 5.38 Å². The van der Waals surface area contributed by atoms with Gasteiger partial charge in [0, 0.05) is 5.38 Å². The van der Waals surface area contributed by atoms with Crippen LogP contribution in [0.25, 0.3) is 0 Å². The Morgan fingerprint density at radius 1 is 1.62 bits per heavy atom. The van der Waals surface area contributed by atoms with Gasteiger partial charge in [0.15, 0.2) is 15.7 Å². The average molecular weight is 283 g/mol. The van der Waals surface area contributed by atoms with Crippen molar-refractivity contribution in [1.29, 1.82) is 0 Å². The molecule has 1 aromatic heterocycles. The monoisotopic (exact) mass is 282 g/mol. The van der Waals surface area contributed by atoms with Crippen LogP contribution in [0.15, 0.2) is 5.38 Å². The highest BCUT2D eigenvalue weighted by Gasteiger charge is 2.16. The highest BCUT2D eigenvalue weighted by molar-refractivity contribution is 7.14. The van der Waals surface area contributed by atoms with E-state index in [4.69, 9.17) is 27.9 Å². The summed E-state index contributed by atoms with van der Waals surface area (Å²) in [5, 5.41) is 4.08. The van der Waals surface area contributed by atoms with Crippen LogP contribution in [0.2, 0.25) is 0 Å². The number of thiazole rings is 1. The summed E-state index contributed by atoms with van der Waals surface area (Å²) in [4.78, 5) is 25.0. The van der Waals surface area contributed by atoms with Crippen molar-refractivity contribution >= 4 is 51.5 Å². The highest BCUT2D eigenvalue weighted by atomic mass is 35.5. The van der Waals surface area contributed by atoms with Crippen LogP contribution < -0.4 is 5.32 Å². The van der Waals surface area contributed by atoms with Gasteiger partial charge in [-0.05, 0) is 6.92 Å². The van der Waals surface area contributed by atoms with E-state index in [-0.39, 0.29) is 17.4 Å². The number of hydrogen-bond acceptors (Lipinski definition) is 5. The molecule has 0 fully saturated rings. The first-order valence-electron chi connectivity index (χ1n) is 4.26. The van der Waals surface area contributed by atoms with Gasteiger partial charge in [-0.25, -0.2) is 9.78 Å². The summed E-state index contributed by atoms with van der Waals surface area (Å²) in [6.45, 7) is 1.96. The summed E-state index contributed by atoms with van der Waals surface area (Å²) in [6.07, 6.45) is 0. The van der Waals surface area contributed by atoms with Gasteiger partial charge >= 0.3 is 5.97 Å². The SMILES string of the molecule is CCOC(=O)c1csc(NC(=O)C(Cl)Cl)n1. The minimum absolute atomic E-state index is 0.142. The van der Waals surface area contributed by atoms with Crippen molar-refractivity contribution in [2.24, 2.45) is 0 Å². The summed E-state index contributed by atoms with van der Waals surface area (Å²) in [7, 11) is 0. The standard InChI is InChI=1S/C8H8Cl2N2O3S/c1-2-15-7(14)4-3-16-8(11-4)12-6(13)5(9)10/h3,5H,2H2,1H3,(H,11,12,13). The zero-order valence-electron chi connectivity index (χ0n) is 8.20. The third kappa shape index (κ3) is 3.62. The van der Waals surface area contributed by atoms with E-state index in [0.717, 1.165) is 11.3 Å². The van der Waals surface area contributed by atoms with Gasteiger partial charge in [-0.2, -0.15) is 0 Å². The lowest BCUT2D eigenvalue weighted by Crippen LogP contribution is -2.18. The van der Waals surface area contributed by atoms with Gasteiger partial charge in [0.05, 0.1) is 6.61 Å². The van der Waals surface area contributed by atoms with E-state index in [9.17, 15) is 9.59 Å². The number of hydrogen-bond donors (Lipinski definition) is 1. The molecule has 1 aromatic rings. The van der Waals surface area contributed by atoms with Crippen molar-refractivity contribution in [2.45, 2.75) is 11.8 Å². The highest BCUT2D eigenvalue weighted by Crippen LogP contribution is 2.17. The van der Waals surface area contributed by atoms with Gasteiger partial charge in [0.25, 0.3) is 5.91 Å². The second-order valence-electron chi connectivity index (χ2n) is 2.55. The Hall–Kier alpha value is -0.850. The maximum atomic E-state index is 11.2. The summed E-state index contributed by atoms with van der Waals surface area (Å²) >= 11 is 11.8. The molecule has 0 aliphatic carbocycles. The van der Waals surface area contributed by atoms with Crippen molar-refractivity contribution in [3.8, 4) is 0 Å². The smallest absolute Gasteiger partial charge is 0.357 e. The molecule has 8 heteroatoms. The molecule has 0 spiro atoms. The first-order valence-corrected chi connectivity index (χ1v) is 6.01. The van der Waals surface area contributed by atoms with Crippen LogP contribution in [-0.4, -0.2) is 28.3 Å². The molecule has 0 atom stereocenters. The molecule has 1 N–H and O–H groups in total. The minimum atomic E-state index is -1.17. The quantitative estimate of drug-likeness (QED) is 0.678. The van der Waals surface area contributed by atoms with E-state index in [2.05, 4.69) is 10.3 Å². The molecule has 16 heavy (non-hydrogen) atoms. The molecule has 5 nitrogen and oxygen atoms in total. The molecular formula is C8H8Cl2N2O3S. The van der Waals surface area contributed by atoms with Crippen LogP contribution in [-0.2, 0) is 9.53 Å². The van der Waals surface area contributed by atoms with Gasteiger partial charge in [0.2, 0.25) is 0 Å². The van der Waals surface area contributed by atoms with Crippen molar-refractivity contribution in [1.82, 2.24) is 4.98 Å². The van der Waals surface area contributed by atoms with Gasteiger partial charge in [-0.15, -0.1) is 11.3 Å². The van der Waals surface area contributed by atoms with E-state index in [0.29, 0.717) is 0 Å². The van der Waals surface area contributed by atoms with Gasteiger partial charge in [0.1, 0.15) is 0 Å². The molecule has 0 aliphatic heterocycles. The molecule has 0 saturated heterocycles. The third-order valence-corrected chi connectivity index (χ3v) is 2.57. The van der Waals surface area contributed by atoms with E-state index >= 15 is 0 Å².